The van der Waals surface area contributed by atoms with Crippen LogP contribution in [0, 0.1) is 5.82 Å². The predicted molar refractivity (Wildman–Crippen MR) is 124 cm³/mol. The second-order valence-corrected chi connectivity index (χ2v) is 10.0. The number of halogens is 1. The molecule has 1 aromatic heterocycles. The van der Waals surface area contributed by atoms with Gasteiger partial charge in [-0.15, -0.1) is 10.2 Å². The number of rotatable bonds is 6. The third-order valence-electron chi connectivity index (χ3n) is 4.68. The summed E-state index contributed by atoms with van der Waals surface area (Å²) >= 11 is 1.25. The molecule has 0 fully saturated rings. The fourth-order valence-corrected chi connectivity index (χ4v) is 4.53. The summed E-state index contributed by atoms with van der Waals surface area (Å²) in [5, 5.41) is 13.7. The second-order valence-electron chi connectivity index (χ2n) is 7.04. The molecule has 1 amide bonds. The molecule has 9 heteroatoms. The molecule has 4 aromatic rings. The van der Waals surface area contributed by atoms with Crippen molar-refractivity contribution in [3.63, 3.8) is 0 Å². The number of carbonyl (C=O) groups is 1. The van der Waals surface area contributed by atoms with Crippen molar-refractivity contribution in [1.29, 1.82) is 0 Å². The van der Waals surface area contributed by atoms with Gasteiger partial charge in [0.2, 0.25) is 5.91 Å². The smallest absolute Gasteiger partial charge is 0.234 e. The van der Waals surface area contributed by atoms with Crippen LogP contribution in [0.25, 0.3) is 22.0 Å². The summed E-state index contributed by atoms with van der Waals surface area (Å²) in [6.07, 6.45) is 1.13. The maximum atomic E-state index is 13.3. The van der Waals surface area contributed by atoms with Gasteiger partial charge in [0, 0.05) is 28.3 Å². The number of hydrogen-bond acceptors (Lipinski definition) is 6. The highest BCUT2D eigenvalue weighted by molar-refractivity contribution is 8.00. The highest BCUT2D eigenvalue weighted by atomic mass is 32.2. The average Bonchev–Trinajstić information content (AvgIpc) is 2.78. The summed E-state index contributed by atoms with van der Waals surface area (Å²) < 4.78 is 36.4. The standard InChI is InChI=1S/C23H18FN3O3S2/c1-32(29,30)18-12-10-17(11-13-18)25-21(28)14-31-23-20-5-3-2-4-19(20)22(26-27-23)15-6-8-16(24)9-7-15/h2-13H,14H2,1H3,(H,25,28). The minimum absolute atomic E-state index is 0.0996. The van der Waals surface area contributed by atoms with Gasteiger partial charge in [-0.25, -0.2) is 12.8 Å². The molecule has 32 heavy (non-hydrogen) atoms. The summed E-state index contributed by atoms with van der Waals surface area (Å²) in [4.78, 5) is 12.6. The Balaban J connectivity index is 1.50. The molecule has 0 aliphatic heterocycles. The maximum Gasteiger partial charge on any atom is 0.234 e. The number of amides is 1. The van der Waals surface area contributed by atoms with Gasteiger partial charge in [-0.3, -0.25) is 4.79 Å². The van der Waals surface area contributed by atoms with E-state index >= 15 is 0 Å². The molecule has 6 nitrogen and oxygen atoms in total. The molecule has 0 spiro atoms. The second kappa shape index (κ2) is 9.05. The molecule has 0 saturated heterocycles. The first-order valence-electron chi connectivity index (χ1n) is 9.55. The molecule has 0 saturated carbocycles. The van der Waals surface area contributed by atoms with Crippen LogP contribution < -0.4 is 5.32 Å². The van der Waals surface area contributed by atoms with Gasteiger partial charge < -0.3 is 5.32 Å². The lowest BCUT2D eigenvalue weighted by molar-refractivity contribution is -0.113. The van der Waals surface area contributed by atoms with Crippen molar-refractivity contribution < 1.29 is 17.6 Å². The Kier molecular flexibility index (Phi) is 6.20. The molecule has 0 aliphatic carbocycles. The van der Waals surface area contributed by atoms with E-state index in [-0.39, 0.29) is 22.4 Å². The molecule has 1 N–H and O–H groups in total. The molecule has 4 rings (SSSR count). The fraction of sp³-hybridized carbons (Fsp3) is 0.0870. The molecule has 1 heterocycles. The molecule has 0 bridgehead atoms. The Morgan fingerprint density at radius 2 is 1.59 bits per heavy atom. The number of anilines is 1. The minimum Gasteiger partial charge on any atom is -0.325 e. The van der Waals surface area contributed by atoms with Gasteiger partial charge in [-0.2, -0.15) is 0 Å². The van der Waals surface area contributed by atoms with E-state index in [1.165, 1.54) is 36.0 Å². The van der Waals surface area contributed by atoms with Crippen LogP contribution in [0.1, 0.15) is 0 Å². The number of carbonyl (C=O) groups excluding carboxylic acids is 1. The first kappa shape index (κ1) is 21.9. The van der Waals surface area contributed by atoms with Crippen molar-refractivity contribution in [2.45, 2.75) is 9.92 Å². The van der Waals surface area contributed by atoms with E-state index in [1.807, 2.05) is 24.3 Å². The number of hydrogen-bond donors (Lipinski definition) is 1. The zero-order chi connectivity index (χ0) is 22.7. The van der Waals surface area contributed by atoms with Crippen LogP contribution >= 0.6 is 11.8 Å². The lowest BCUT2D eigenvalue weighted by atomic mass is 10.1. The summed E-state index contributed by atoms with van der Waals surface area (Å²) in [7, 11) is -3.29. The van der Waals surface area contributed by atoms with Gasteiger partial charge >= 0.3 is 0 Å². The van der Waals surface area contributed by atoms with Crippen molar-refractivity contribution in [1.82, 2.24) is 10.2 Å². The molecular weight excluding hydrogens is 449 g/mol. The Hall–Kier alpha value is -3.30. The number of thioether (sulfide) groups is 1. The van der Waals surface area contributed by atoms with Crippen LogP contribution in [0.2, 0.25) is 0 Å². The van der Waals surface area contributed by atoms with Gasteiger partial charge in [0.15, 0.2) is 9.84 Å². The quantitative estimate of drug-likeness (QED) is 0.418. The van der Waals surface area contributed by atoms with E-state index in [4.69, 9.17) is 0 Å². The number of nitrogens with zero attached hydrogens (tertiary/aromatic N) is 2. The van der Waals surface area contributed by atoms with Crippen LogP contribution in [-0.2, 0) is 14.6 Å². The molecule has 162 valence electrons. The number of sulfone groups is 1. The average molecular weight is 468 g/mol. The van der Waals surface area contributed by atoms with Crippen LogP contribution in [0.4, 0.5) is 10.1 Å². The zero-order valence-electron chi connectivity index (χ0n) is 16.9. The summed E-state index contributed by atoms with van der Waals surface area (Å²) in [5.41, 5.74) is 1.90. The van der Waals surface area contributed by atoms with E-state index in [9.17, 15) is 17.6 Å². The summed E-state index contributed by atoms with van der Waals surface area (Å²) in [6, 6.07) is 19.6. The van der Waals surface area contributed by atoms with E-state index in [1.54, 1.807) is 24.3 Å². The first-order valence-corrected chi connectivity index (χ1v) is 12.4. The third kappa shape index (κ3) is 4.95. The number of fused-ring (bicyclic) bond motifs is 1. The minimum atomic E-state index is -3.29. The largest absolute Gasteiger partial charge is 0.325 e. The van der Waals surface area contributed by atoms with Gasteiger partial charge in [-0.05, 0) is 48.5 Å². The fourth-order valence-electron chi connectivity index (χ4n) is 3.12. The van der Waals surface area contributed by atoms with Gasteiger partial charge in [0.1, 0.15) is 16.5 Å². The Labute approximate surface area is 188 Å². The Bertz CT molecular complexity index is 1390. The van der Waals surface area contributed by atoms with Gasteiger partial charge in [0.05, 0.1) is 10.6 Å². The van der Waals surface area contributed by atoms with Gasteiger partial charge in [0.25, 0.3) is 0 Å². The number of benzene rings is 3. The van der Waals surface area contributed by atoms with Crippen molar-refractivity contribution in [2.24, 2.45) is 0 Å². The molecular formula is C23H18FN3O3S2. The van der Waals surface area contributed by atoms with Crippen LogP contribution in [0.5, 0.6) is 0 Å². The SMILES string of the molecule is CS(=O)(=O)c1ccc(NC(=O)CSc2nnc(-c3ccc(F)cc3)c3ccccc23)cc1. The monoisotopic (exact) mass is 467 g/mol. The Morgan fingerprint density at radius 1 is 0.938 bits per heavy atom. The van der Waals surface area contributed by atoms with E-state index < -0.39 is 9.84 Å². The van der Waals surface area contributed by atoms with Crippen LogP contribution in [0.15, 0.2) is 82.7 Å². The van der Waals surface area contributed by atoms with E-state index in [0.29, 0.717) is 16.4 Å². The zero-order valence-corrected chi connectivity index (χ0v) is 18.6. The third-order valence-corrected chi connectivity index (χ3v) is 6.79. The predicted octanol–water partition coefficient (Wildman–Crippen LogP) is 4.57. The molecule has 0 unspecified atom stereocenters. The Morgan fingerprint density at radius 3 is 2.25 bits per heavy atom. The van der Waals surface area contributed by atoms with Crippen molar-refractivity contribution in [3.05, 3.63) is 78.6 Å². The number of nitrogens with one attached hydrogen (secondary N) is 1. The maximum absolute atomic E-state index is 13.3. The van der Waals surface area contributed by atoms with Crippen LogP contribution in [0.3, 0.4) is 0 Å². The number of aromatic nitrogens is 2. The summed E-state index contributed by atoms with van der Waals surface area (Å²) in [5.74, 6) is -0.478. The van der Waals surface area contributed by atoms with Crippen molar-refractivity contribution in [2.75, 3.05) is 17.3 Å². The van der Waals surface area contributed by atoms with Gasteiger partial charge in [-0.1, -0.05) is 36.0 Å². The highest BCUT2D eigenvalue weighted by Crippen LogP contribution is 2.31. The van der Waals surface area contributed by atoms with E-state index in [0.717, 1.165) is 22.6 Å². The van der Waals surface area contributed by atoms with Crippen LogP contribution in [-0.4, -0.2) is 36.5 Å². The molecule has 3 aromatic carbocycles. The van der Waals surface area contributed by atoms with Crippen molar-refractivity contribution >= 4 is 44.0 Å². The molecule has 0 atom stereocenters. The highest BCUT2D eigenvalue weighted by Gasteiger charge is 2.13. The molecule has 0 radical (unpaired) electrons. The topological polar surface area (TPSA) is 89.0 Å². The lowest BCUT2D eigenvalue weighted by Gasteiger charge is -2.10. The summed E-state index contributed by atoms with van der Waals surface area (Å²) in [6.45, 7) is 0. The molecule has 0 aliphatic rings. The first-order chi connectivity index (χ1) is 15.3. The van der Waals surface area contributed by atoms with E-state index in [2.05, 4.69) is 15.5 Å². The van der Waals surface area contributed by atoms with Crippen molar-refractivity contribution in [3.8, 4) is 11.3 Å². The lowest BCUT2D eigenvalue weighted by Crippen LogP contribution is -2.14. The normalized spacial score (nSPS) is 11.4.